The van der Waals surface area contributed by atoms with Gasteiger partial charge in [-0.1, -0.05) is 194 Å². The van der Waals surface area contributed by atoms with Crippen molar-refractivity contribution in [3.63, 3.8) is 0 Å². The Kier molecular flexibility index (Phi) is 20.4. The van der Waals surface area contributed by atoms with Crippen LogP contribution in [0.2, 0.25) is 0 Å². The highest BCUT2D eigenvalue weighted by Crippen LogP contribution is 2.51. The summed E-state index contributed by atoms with van der Waals surface area (Å²) in [5.74, 6) is 0. The van der Waals surface area contributed by atoms with E-state index >= 15 is 0 Å². The Morgan fingerprint density at radius 3 is 2.16 bits per heavy atom. The van der Waals surface area contributed by atoms with Crippen molar-refractivity contribution in [3.05, 3.63) is 135 Å². The molecule has 302 valence electrons. The zero-order valence-electron chi connectivity index (χ0n) is 37.4. The summed E-state index contributed by atoms with van der Waals surface area (Å²) in [7, 11) is 0. The summed E-state index contributed by atoms with van der Waals surface area (Å²) < 4.78 is 0. The zero-order valence-corrected chi connectivity index (χ0v) is 38.2. The number of rotatable bonds is 7. The zero-order chi connectivity index (χ0) is 41.2. The summed E-state index contributed by atoms with van der Waals surface area (Å²) in [6.45, 7) is 31.3. The van der Waals surface area contributed by atoms with Gasteiger partial charge in [0, 0.05) is 39.5 Å². The minimum absolute atomic E-state index is 0.0349. The lowest BCUT2D eigenvalue weighted by atomic mass is 9.78. The van der Waals surface area contributed by atoms with E-state index in [1.165, 1.54) is 75.0 Å². The molecule has 1 atom stereocenters. The summed E-state index contributed by atoms with van der Waals surface area (Å²) in [6, 6.07) is 13.4. The first-order valence-corrected chi connectivity index (χ1v) is 22.3. The van der Waals surface area contributed by atoms with Crippen molar-refractivity contribution >= 4 is 28.1 Å². The standard InChI is InChI=1S/C42H49ClN2.C4H10.3C2H6/c1-7-9-28-45-35-21-12-10-11-16-29(8-2)38(35)42(5,6)37(45)27-24-32-19-15-18-31(40(32)43)23-26-36-41(3,4)39-33-20-14-13-17-30(33)22-25-34(39)44-36;1-3-4-2;3*1-2/h8,11-14,16-17,20-27,36,44H,7,9-10,15,18-19,28H2,1-6H3;3-4H2,1-2H3;3*1-2H3/b16-11-,21-12-,26-23+,29-8+,32-24+,37-27+;;;;. The predicted molar refractivity (Wildman–Crippen MR) is 250 cm³/mol. The van der Waals surface area contributed by atoms with E-state index in [1.54, 1.807) is 0 Å². The minimum atomic E-state index is -0.111. The van der Waals surface area contributed by atoms with Crippen LogP contribution in [0.5, 0.6) is 0 Å². The molecule has 1 unspecified atom stereocenters. The fourth-order valence-electron chi connectivity index (χ4n) is 7.84. The average Bonchev–Trinajstić information content (AvgIpc) is 3.58. The van der Waals surface area contributed by atoms with Crippen molar-refractivity contribution in [2.45, 2.75) is 160 Å². The Morgan fingerprint density at radius 2 is 1.51 bits per heavy atom. The van der Waals surface area contributed by atoms with Crippen LogP contribution in [-0.2, 0) is 5.41 Å². The van der Waals surface area contributed by atoms with Crippen molar-refractivity contribution in [3.8, 4) is 0 Å². The molecule has 3 heteroatoms. The lowest BCUT2D eigenvalue weighted by molar-refractivity contribution is 0.383. The molecule has 0 radical (unpaired) electrons. The molecular formula is C52H77ClN2. The molecule has 0 saturated carbocycles. The molecule has 0 spiro atoms. The fraction of sp³-hybridized carbons (Fsp3) is 0.500. The van der Waals surface area contributed by atoms with Gasteiger partial charge in [0.25, 0.3) is 0 Å². The number of hydrogen-bond donors (Lipinski definition) is 1. The van der Waals surface area contributed by atoms with Gasteiger partial charge in [0.05, 0.1) is 6.04 Å². The van der Waals surface area contributed by atoms with Crippen molar-refractivity contribution in [1.82, 2.24) is 4.90 Å². The first kappa shape index (κ1) is 47.7. The molecular weight excluding hydrogens is 688 g/mol. The van der Waals surface area contributed by atoms with Gasteiger partial charge in [-0.05, 0) is 95.9 Å². The van der Waals surface area contributed by atoms with Gasteiger partial charge in [-0.15, -0.1) is 0 Å². The van der Waals surface area contributed by atoms with Gasteiger partial charge in [0.2, 0.25) is 0 Å². The normalized spacial score (nSPS) is 22.6. The number of allylic oxidation sites excluding steroid dienone is 13. The monoisotopic (exact) mass is 765 g/mol. The fourth-order valence-corrected chi connectivity index (χ4v) is 8.16. The second kappa shape index (κ2) is 23.5. The average molecular weight is 766 g/mol. The summed E-state index contributed by atoms with van der Waals surface area (Å²) in [5.41, 5.74) is 10.5. The van der Waals surface area contributed by atoms with Crippen LogP contribution < -0.4 is 5.32 Å². The highest BCUT2D eigenvalue weighted by Gasteiger charge is 2.42. The maximum absolute atomic E-state index is 7.22. The molecule has 2 nitrogen and oxygen atoms in total. The Hall–Kier alpha value is -3.49. The van der Waals surface area contributed by atoms with E-state index in [9.17, 15) is 0 Å². The molecule has 2 heterocycles. The molecule has 2 aromatic carbocycles. The molecule has 2 aliphatic carbocycles. The molecule has 6 rings (SSSR count). The summed E-state index contributed by atoms with van der Waals surface area (Å²) in [5, 5.41) is 7.38. The van der Waals surface area contributed by atoms with E-state index in [0.717, 1.165) is 43.7 Å². The Bertz CT molecular complexity index is 1770. The van der Waals surface area contributed by atoms with Crippen LogP contribution in [0.1, 0.15) is 154 Å². The lowest BCUT2D eigenvalue weighted by Gasteiger charge is -2.29. The molecule has 0 bridgehead atoms. The highest BCUT2D eigenvalue weighted by molar-refractivity contribution is 6.32. The van der Waals surface area contributed by atoms with E-state index in [2.05, 4.69) is 157 Å². The van der Waals surface area contributed by atoms with Gasteiger partial charge in [-0.2, -0.15) is 0 Å². The third kappa shape index (κ3) is 11.1. The van der Waals surface area contributed by atoms with Gasteiger partial charge >= 0.3 is 0 Å². The third-order valence-corrected chi connectivity index (χ3v) is 11.3. The Balaban J connectivity index is 0.000000955. The molecule has 2 aromatic rings. The largest absolute Gasteiger partial charge is 0.378 e. The van der Waals surface area contributed by atoms with E-state index in [4.69, 9.17) is 11.6 Å². The number of halogens is 1. The number of anilines is 1. The van der Waals surface area contributed by atoms with Crippen molar-refractivity contribution in [2.24, 2.45) is 5.41 Å². The first-order chi connectivity index (χ1) is 26.6. The number of nitrogens with one attached hydrogen (secondary N) is 1. The van der Waals surface area contributed by atoms with E-state index in [0.29, 0.717) is 0 Å². The SMILES string of the molecule is C/C=C1\C=C/C/C=C\C2=C1C(C)(C)/C(=C\C=C1/CCCC(/C=C/C3Nc4ccc5ccccc5c4C3(C)C)=C1Cl)N2CCCC.CC.CC.CC.CCCC. The molecule has 2 aliphatic heterocycles. The number of unbranched alkanes of at least 4 members (excludes halogenated alkanes) is 2. The van der Waals surface area contributed by atoms with E-state index in [1.807, 2.05) is 41.5 Å². The van der Waals surface area contributed by atoms with Crippen LogP contribution in [0.25, 0.3) is 10.8 Å². The number of benzene rings is 2. The Labute approximate surface area is 344 Å². The minimum Gasteiger partial charge on any atom is -0.378 e. The number of nitrogens with zero attached hydrogens (tertiary/aromatic N) is 1. The number of hydrogen-bond acceptors (Lipinski definition) is 2. The highest BCUT2D eigenvalue weighted by atomic mass is 35.5. The lowest BCUT2D eigenvalue weighted by Crippen LogP contribution is -2.31. The molecule has 0 aromatic heterocycles. The van der Waals surface area contributed by atoms with Crippen LogP contribution in [0, 0.1) is 5.41 Å². The van der Waals surface area contributed by atoms with Gasteiger partial charge < -0.3 is 10.2 Å². The maximum atomic E-state index is 7.22. The van der Waals surface area contributed by atoms with E-state index in [-0.39, 0.29) is 16.9 Å². The van der Waals surface area contributed by atoms with Gasteiger partial charge in [-0.25, -0.2) is 0 Å². The van der Waals surface area contributed by atoms with Crippen LogP contribution >= 0.6 is 11.6 Å². The maximum Gasteiger partial charge on any atom is 0.0540 e. The second-order valence-corrected chi connectivity index (χ2v) is 15.4. The molecule has 1 N–H and O–H groups in total. The molecule has 0 amide bonds. The summed E-state index contributed by atoms with van der Waals surface area (Å²) in [6.07, 6.45) is 29.9. The Morgan fingerprint density at radius 1 is 0.836 bits per heavy atom. The van der Waals surface area contributed by atoms with E-state index < -0.39 is 0 Å². The topological polar surface area (TPSA) is 15.3 Å². The second-order valence-electron chi connectivity index (χ2n) is 15.0. The van der Waals surface area contributed by atoms with Crippen LogP contribution in [0.3, 0.4) is 0 Å². The summed E-state index contributed by atoms with van der Waals surface area (Å²) in [4.78, 5) is 2.57. The smallest absolute Gasteiger partial charge is 0.0540 e. The van der Waals surface area contributed by atoms with Crippen molar-refractivity contribution in [2.75, 3.05) is 11.9 Å². The first-order valence-electron chi connectivity index (χ1n) is 21.9. The molecule has 0 saturated heterocycles. The van der Waals surface area contributed by atoms with Crippen molar-refractivity contribution < 1.29 is 0 Å². The van der Waals surface area contributed by atoms with Gasteiger partial charge in [0.1, 0.15) is 0 Å². The summed E-state index contributed by atoms with van der Waals surface area (Å²) >= 11 is 7.22. The number of fused-ring (bicyclic) bond motifs is 3. The predicted octanol–water partition coefficient (Wildman–Crippen LogP) is 16.7. The van der Waals surface area contributed by atoms with Gasteiger partial charge in [-0.3, -0.25) is 0 Å². The van der Waals surface area contributed by atoms with Crippen molar-refractivity contribution in [1.29, 1.82) is 0 Å². The van der Waals surface area contributed by atoms with Crippen LogP contribution in [0.15, 0.2) is 130 Å². The third-order valence-electron chi connectivity index (χ3n) is 10.8. The van der Waals surface area contributed by atoms with Gasteiger partial charge in [0.15, 0.2) is 0 Å². The quantitative estimate of drug-likeness (QED) is 0.302. The molecule has 0 fully saturated rings. The van der Waals surface area contributed by atoms with Crippen LogP contribution in [0.4, 0.5) is 5.69 Å². The molecule has 55 heavy (non-hydrogen) atoms. The molecule has 4 aliphatic rings. The van der Waals surface area contributed by atoms with Crippen LogP contribution in [-0.4, -0.2) is 17.5 Å².